The van der Waals surface area contributed by atoms with Crippen LogP contribution in [0, 0.1) is 0 Å². The molecule has 2 aromatic carbocycles. The molecule has 0 unspecified atom stereocenters. The van der Waals surface area contributed by atoms with E-state index in [0.29, 0.717) is 0 Å². The smallest absolute Gasteiger partial charge is 0.0455 e. The fourth-order valence-electron chi connectivity index (χ4n) is 3.38. The molecule has 0 radical (unpaired) electrons. The third-order valence-corrected chi connectivity index (χ3v) is 4.38. The maximum Gasteiger partial charge on any atom is 0.0455 e. The molecule has 0 aliphatic carbocycles. The van der Waals surface area contributed by atoms with Crippen LogP contribution in [0.25, 0.3) is 0 Å². The minimum atomic E-state index is 1.08. The van der Waals surface area contributed by atoms with Gasteiger partial charge in [-0.25, -0.2) is 0 Å². The van der Waals surface area contributed by atoms with Gasteiger partial charge in [0, 0.05) is 28.5 Å². The third kappa shape index (κ3) is 2.41. The summed E-state index contributed by atoms with van der Waals surface area (Å²) in [5.41, 5.74) is 6.69. The Balaban J connectivity index is 1.73. The van der Waals surface area contributed by atoms with E-state index in [0.717, 1.165) is 25.7 Å². The van der Waals surface area contributed by atoms with Crippen LogP contribution < -0.4 is 10.2 Å². The molecule has 4 rings (SSSR count). The number of fused-ring (bicyclic) bond motifs is 2. The van der Waals surface area contributed by atoms with E-state index in [9.17, 15) is 0 Å². The highest BCUT2D eigenvalue weighted by Gasteiger charge is 2.28. The van der Waals surface area contributed by atoms with E-state index < -0.39 is 0 Å². The van der Waals surface area contributed by atoms with Crippen LogP contribution in [0.5, 0.6) is 0 Å². The van der Waals surface area contributed by atoms with Crippen LogP contribution >= 0.6 is 0 Å². The van der Waals surface area contributed by atoms with Gasteiger partial charge >= 0.3 is 0 Å². The predicted octanol–water partition coefficient (Wildman–Crippen LogP) is 5.29. The summed E-state index contributed by atoms with van der Waals surface area (Å²) >= 11 is 0. The molecule has 1 N–H and O–H groups in total. The zero-order chi connectivity index (χ0) is 14.8. The van der Waals surface area contributed by atoms with Gasteiger partial charge in [-0.3, -0.25) is 0 Å². The first kappa shape index (κ1) is 13.2. The van der Waals surface area contributed by atoms with Gasteiger partial charge in [0.1, 0.15) is 0 Å². The number of hydrogen-bond acceptors (Lipinski definition) is 2. The van der Waals surface area contributed by atoms with Crippen molar-refractivity contribution >= 4 is 11.4 Å². The molecule has 2 aromatic rings. The summed E-state index contributed by atoms with van der Waals surface area (Å²) in [4.78, 5) is 2.44. The number of para-hydroxylation sites is 2. The molecule has 2 heterocycles. The first-order chi connectivity index (χ1) is 10.9. The average Bonchev–Trinajstić information content (AvgIpc) is 2.90. The van der Waals surface area contributed by atoms with E-state index in [-0.39, 0.29) is 0 Å². The number of benzene rings is 2. The molecule has 110 valence electrons. The van der Waals surface area contributed by atoms with E-state index in [2.05, 4.69) is 77.0 Å². The Morgan fingerprint density at radius 2 is 1.50 bits per heavy atom. The maximum atomic E-state index is 3.65. The zero-order valence-corrected chi connectivity index (χ0v) is 12.6. The molecule has 0 saturated carbocycles. The highest BCUT2D eigenvalue weighted by atomic mass is 15.2. The molecule has 0 aromatic heterocycles. The summed E-state index contributed by atoms with van der Waals surface area (Å²) in [6.45, 7) is 0. The van der Waals surface area contributed by atoms with Gasteiger partial charge in [0.25, 0.3) is 0 Å². The molecule has 0 atom stereocenters. The van der Waals surface area contributed by atoms with E-state index >= 15 is 0 Å². The summed E-state index contributed by atoms with van der Waals surface area (Å²) < 4.78 is 0. The lowest BCUT2D eigenvalue weighted by atomic mass is 10.1. The third-order valence-electron chi connectivity index (χ3n) is 4.38. The van der Waals surface area contributed by atoms with Crippen LogP contribution in [0.4, 0.5) is 11.4 Å². The summed E-state index contributed by atoms with van der Waals surface area (Å²) in [5, 5.41) is 3.65. The van der Waals surface area contributed by atoms with E-state index in [4.69, 9.17) is 0 Å². The van der Waals surface area contributed by atoms with Crippen LogP contribution in [0.2, 0.25) is 0 Å². The molecule has 0 amide bonds. The van der Waals surface area contributed by atoms with Crippen molar-refractivity contribution in [2.45, 2.75) is 25.7 Å². The van der Waals surface area contributed by atoms with E-state index in [1.807, 2.05) is 0 Å². The van der Waals surface area contributed by atoms with Crippen molar-refractivity contribution in [2.24, 2.45) is 0 Å². The Bertz CT molecular complexity index is 714. The fraction of sp³-hybridized carbons (Fsp3) is 0.200. The molecule has 2 heteroatoms. The van der Waals surface area contributed by atoms with Crippen molar-refractivity contribution in [1.82, 2.24) is 0 Å². The van der Waals surface area contributed by atoms with Crippen LogP contribution in [0.1, 0.15) is 25.7 Å². The molecule has 0 spiro atoms. The molecule has 2 aliphatic rings. The lowest BCUT2D eigenvalue weighted by Gasteiger charge is -2.24. The summed E-state index contributed by atoms with van der Waals surface area (Å²) in [5.74, 6) is 0. The fourth-order valence-corrected chi connectivity index (χ4v) is 3.38. The van der Waals surface area contributed by atoms with Crippen LogP contribution in [0.15, 0.2) is 83.8 Å². The normalized spacial score (nSPS) is 17.3. The summed E-state index contributed by atoms with van der Waals surface area (Å²) in [6.07, 6.45) is 6.86. The monoisotopic (exact) mass is 288 g/mol. The first-order valence-electron chi connectivity index (χ1n) is 8.00. The topological polar surface area (TPSA) is 15.3 Å². The van der Waals surface area contributed by atoms with Crippen molar-refractivity contribution in [1.29, 1.82) is 0 Å². The summed E-state index contributed by atoms with van der Waals surface area (Å²) in [6, 6.07) is 21.2. The Kier molecular flexibility index (Phi) is 3.43. The van der Waals surface area contributed by atoms with Crippen LogP contribution in [0.3, 0.4) is 0 Å². The van der Waals surface area contributed by atoms with Crippen molar-refractivity contribution in [2.75, 3.05) is 10.2 Å². The number of rotatable bonds is 3. The van der Waals surface area contributed by atoms with Gasteiger partial charge in [-0.2, -0.15) is 0 Å². The highest BCUT2D eigenvalue weighted by Crippen LogP contribution is 2.40. The zero-order valence-electron chi connectivity index (χ0n) is 12.6. The second-order valence-electron chi connectivity index (χ2n) is 5.82. The predicted molar refractivity (Wildman–Crippen MR) is 92.6 cm³/mol. The number of allylic oxidation sites excluding steroid dienone is 4. The molecular weight excluding hydrogens is 268 g/mol. The minimum Gasteiger partial charge on any atom is -0.357 e. The molecule has 1 saturated heterocycles. The molecule has 2 bridgehead atoms. The second kappa shape index (κ2) is 5.72. The van der Waals surface area contributed by atoms with Crippen LogP contribution in [-0.2, 0) is 0 Å². The maximum absolute atomic E-state index is 3.65. The second-order valence-corrected chi connectivity index (χ2v) is 5.82. The van der Waals surface area contributed by atoms with Crippen molar-refractivity contribution in [3.63, 3.8) is 0 Å². The SMILES string of the molecule is C1=C2CCC(=C(Nc3ccccc3)CC1)N2c1ccccc1. The average molecular weight is 288 g/mol. The number of nitrogens with one attached hydrogen (secondary N) is 1. The highest BCUT2D eigenvalue weighted by molar-refractivity contribution is 5.64. The Hall–Kier alpha value is -2.48. The van der Waals surface area contributed by atoms with Crippen molar-refractivity contribution < 1.29 is 0 Å². The van der Waals surface area contributed by atoms with Gasteiger partial charge in [0.2, 0.25) is 0 Å². The molecule has 22 heavy (non-hydrogen) atoms. The number of hydrogen-bond donors (Lipinski definition) is 1. The molecule has 2 nitrogen and oxygen atoms in total. The van der Waals surface area contributed by atoms with Gasteiger partial charge < -0.3 is 10.2 Å². The Morgan fingerprint density at radius 1 is 0.773 bits per heavy atom. The largest absolute Gasteiger partial charge is 0.357 e. The molecular formula is C20H20N2. The van der Waals surface area contributed by atoms with Gasteiger partial charge in [-0.1, -0.05) is 42.5 Å². The first-order valence-corrected chi connectivity index (χ1v) is 8.00. The van der Waals surface area contributed by atoms with E-state index in [1.165, 1.54) is 28.5 Å². The standard InChI is InChI=1S/C20H20N2/c1-3-8-16(9-4-1)21-19-13-7-12-18-14-15-20(19)22(18)17-10-5-2-6-11-17/h1-6,8-12,21H,7,13-15H2. The minimum absolute atomic E-state index is 1.08. The van der Waals surface area contributed by atoms with E-state index in [1.54, 1.807) is 0 Å². The lowest BCUT2D eigenvalue weighted by molar-refractivity contribution is 0.913. The lowest BCUT2D eigenvalue weighted by Crippen LogP contribution is -2.17. The van der Waals surface area contributed by atoms with Crippen molar-refractivity contribution in [3.05, 3.63) is 83.8 Å². The Labute approximate surface area is 131 Å². The molecule has 1 fully saturated rings. The van der Waals surface area contributed by atoms with Gasteiger partial charge in [0.05, 0.1) is 0 Å². The van der Waals surface area contributed by atoms with Crippen LogP contribution in [-0.4, -0.2) is 0 Å². The molecule has 2 aliphatic heterocycles. The number of anilines is 2. The van der Waals surface area contributed by atoms with Gasteiger partial charge in [-0.15, -0.1) is 0 Å². The van der Waals surface area contributed by atoms with Crippen molar-refractivity contribution in [3.8, 4) is 0 Å². The Morgan fingerprint density at radius 3 is 2.27 bits per heavy atom. The van der Waals surface area contributed by atoms with Gasteiger partial charge in [0.15, 0.2) is 0 Å². The quantitative estimate of drug-likeness (QED) is 0.825. The van der Waals surface area contributed by atoms with Gasteiger partial charge in [-0.05, 0) is 49.9 Å². The number of nitrogens with zero attached hydrogens (tertiary/aromatic N) is 1. The summed E-state index contributed by atoms with van der Waals surface area (Å²) in [7, 11) is 0.